The lowest BCUT2D eigenvalue weighted by molar-refractivity contribution is 0.489. The van der Waals surface area contributed by atoms with E-state index in [9.17, 15) is 0 Å². The minimum absolute atomic E-state index is 0.213. The van der Waals surface area contributed by atoms with E-state index in [4.69, 9.17) is 9.15 Å². The Bertz CT molecular complexity index is 4360. The molecule has 1 spiro atoms. The van der Waals surface area contributed by atoms with Crippen molar-refractivity contribution in [1.82, 2.24) is 0 Å². The van der Waals surface area contributed by atoms with Gasteiger partial charge in [0.1, 0.15) is 16.9 Å². The first-order valence-electron chi connectivity index (χ1n) is 25.4. The number of benzene rings is 11. The first-order chi connectivity index (χ1) is 36.0. The van der Waals surface area contributed by atoms with Crippen LogP contribution >= 0.6 is 0 Å². The summed E-state index contributed by atoms with van der Waals surface area (Å²) in [4.78, 5) is 2.46. The summed E-state index contributed by atoms with van der Waals surface area (Å²) in [7, 11) is 0. The van der Waals surface area contributed by atoms with Gasteiger partial charge >= 0.3 is 0 Å². The molecule has 1 unspecified atom stereocenters. The zero-order valence-corrected chi connectivity index (χ0v) is 40.3. The Labute approximate surface area is 423 Å². The van der Waals surface area contributed by atoms with Gasteiger partial charge in [-0.3, -0.25) is 0 Å². The van der Waals surface area contributed by atoms with Crippen LogP contribution in [0.3, 0.4) is 0 Å². The third kappa shape index (κ3) is 5.38. The molecule has 1 aliphatic heterocycles. The van der Waals surface area contributed by atoms with Gasteiger partial charge in [0.05, 0.1) is 11.1 Å². The topological polar surface area (TPSA) is 25.6 Å². The maximum absolute atomic E-state index is 7.32. The molecule has 73 heavy (non-hydrogen) atoms. The SMILES string of the molecule is CC1(C)c2ccccc2-c2ccc(N(c3ccc4c(c3)-c3ccccc3-c3ccccc3C43c4ccccc4-c4cc5oc6ccccc6c5cc43)c3cccc4c3Oc3ccccc3-c3ccccc3-4)cc21. The summed E-state index contributed by atoms with van der Waals surface area (Å²) >= 11 is 0. The number of para-hydroxylation sites is 3. The quantitative estimate of drug-likeness (QED) is 0.177. The minimum atomic E-state index is -0.684. The molecule has 16 rings (SSSR count). The Balaban J connectivity index is 1.01. The van der Waals surface area contributed by atoms with Crippen molar-refractivity contribution >= 4 is 39.0 Å². The molecule has 3 nitrogen and oxygen atoms in total. The largest absolute Gasteiger partial charge is 0.456 e. The van der Waals surface area contributed by atoms with Crippen molar-refractivity contribution in [2.45, 2.75) is 24.7 Å². The van der Waals surface area contributed by atoms with E-state index in [1.807, 2.05) is 0 Å². The molecule has 11 aromatic carbocycles. The van der Waals surface area contributed by atoms with Crippen LogP contribution in [0, 0.1) is 0 Å². The van der Waals surface area contributed by atoms with Gasteiger partial charge in [0.25, 0.3) is 0 Å². The number of hydrogen-bond donors (Lipinski definition) is 0. The van der Waals surface area contributed by atoms with Gasteiger partial charge in [0.15, 0.2) is 5.75 Å². The third-order valence-electron chi connectivity index (χ3n) is 16.7. The second-order valence-electron chi connectivity index (χ2n) is 20.6. The smallest absolute Gasteiger partial charge is 0.159 e. The fourth-order valence-electron chi connectivity index (χ4n) is 13.6. The monoisotopic (exact) mass is 931 g/mol. The van der Waals surface area contributed by atoms with E-state index >= 15 is 0 Å². The summed E-state index contributed by atoms with van der Waals surface area (Å²) < 4.78 is 14.0. The fraction of sp³-hybridized carbons (Fsp3) is 0.0571. The molecule has 0 bridgehead atoms. The number of furan rings is 1. The zero-order chi connectivity index (χ0) is 48.2. The van der Waals surface area contributed by atoms with Crippen LogP contribution in [0.15, 0.2) is 241 Å². The lowest BCUT2D eigenvalue weighted by atomic mass is 9.65. The van der Waals surface area contributed by atoms with E-state index in [0.717, 1.165) is 72.8 Å². The lowest BCUT2D eigenvalue weighted by Crippen LogP contribution is -2.29. The molecule has 12 aromatic rings. The van der Waals surface area contributed by atoms with Crippen molar-refractivity contribution in [1.29, 1.82) is 0 Å². The molecule has 3 heteroatoms. The fourth-order valence-corrected chi connectivity index (χ4v) is 13.6. The Morgan fingerprint density at radius 3 is 1.58 bits per heavy atom. The van der Waals surface area contributed by atoms with E-state index in [0.29, 0.717) is 0 Å². The summed E-state index contributed by atoms with van der Waals surface area (Å²) in [5.41, 5.74) is 25.9. The molecule has 4 aliphatic rings. The molecule has 3 aliphatic carbocycles. The Hall–Kier alpha value is -9.18. The van der Waals surface area contributed by atoms with Crippen LogP contribution in [0.2, 0.25) is 0 Å². The summed E-state index contributed by atoms with van der Waals surface area (Å²) in [5, 5.41) is 2.25. The summed E-state index contributed by atoms with van der Waals surface area (Å²) in [5.74, 6) is 1.65. The van der Waals surface area contributed by atoms with Crippen molar-refractivity contribution in [2.75, 3.05) is 4.90 Å². The predicted octanol–water partition coefficient (Wildman–Crippen LogP) is 18.8. The van der Waals surface area contributed by atoms with Gasteiger partial charge in [-0.25, -0.2) is 0 Å². The van der Waals surface area contributed by atoms with Crippen molar-refractivity contribution in [3.05, 3.63) is 270 Å². The number of ether oxygens (including phenoxy) is 1. The number of hydrogen-bond acceptors (Lipinski definition) is 3. The van der Waals surface area contributed by atoms with Crippen LogP contribution in [0.4, 0.5) is 17.1 Å². The maximum Gasteiger partial charge on any atom is 0.159 e. The normalized spacial score (nSPS) is 15.5. The van der Waals surface area contributed by atoms with Gasteiger partial charge in [-0.2, -0.15) is 0 Å². The van der Waals surface area contributed by atoms with Crippen LogP contribution in [0.5, 0.6) is 11.5 Å². The Morgan fingerprint density at radius 1 is 0.315 bits per heavy atom. The van der Waals surface area contributed by atoms with Crippen LogP contribution in [-0.2, 0) is 10.8 Å². The average Bonchev–Trinajstić information content (AvgIpc) is 4.03. The highest BCUT2D eigenvalue weighted by molar-refractivity contribution is 6.09. The van der Waals surface area contributed by atoms with E-state index in [1.54, 1.807) is 0 Å². The molecule has 0 amide bonds. The molecule has 1 atom stereocenters. The van der Waals surface area contributed by atoms with Gasteiger partial charge in [-0.1, -0.05) is 196 Å². The molecule has 0 fully saturated rings. The van der Waals surface area contributed by atoms with Gasteiger partial charge in [-0.05, 0) is 144 Å². The van der Waals surface area contributed by atoms with E-state index < -0.39 is 5.41 Å². The third-order valence-corrected chi connectivity index (χ3v) is 16.7. The van der Waals surface area contributed by atoms with Gasteiger partial charge < -0.3 is 14.1 Å². The number of fused-ring (bicyclic) bond motifs is 23. The highest BCUT2D eigenvalue weighted by atomic mass is 16.5. The van der Waals surface area contributed by atoms with E-state index in [1.165, 1.54) is 77.9 Å². The van der Waals surface area contributed by atoms with Gasteiger partial charge in [-0.15, -0.1) is 0 Å². The highest BCUT2D eigenvalue weighted by Gasteiger charge is 2.50. The molecular weight excluding hydrogens is 887 g/mol. The van der Waals surface area contributed by atoms with Crippen LogP contribution in [0.25, 0.3) is 88.7 Å². The number of rotatable bonds is 3. The van der Waals surface area contributed by atoms with Crippen molar-refractivity contribution in [2.24, 2.45) is 0 Å². The molecule has 342 valence electrons. The first-order valence-corrected chi connectivity index (χ1v) is 25.4. The molecule has 2 heterocycles. The predicted molar refractivity (Wildman–Crippen MR) is 299 cm³/mol. The summed E-state index contributed by atoms with van der Waals surface area (Å²) in [6, 6.07) is 87.5. The second kappa shape index (κ2) is 14.7. The Morgan fingerprint density at radius 2 is 0.822 bits per heavy atom. The lowest BCUT2D eigenvalue weighted by Gasteiger charge is -2.36. The second-order valence-corrected chi connectivity index (χ2v) is 20.6. The Kier molecular flexibility index (Phi) is 8.16. The van der Waals surface area contributed by atoms with E-state index in [2.05, 4.69) is 255 Å². The molecule has 0 saturated heterocycles. The summed E-state index contributed by atoms with van der Waals surface area (Å²) in [6.07, 6.45) is 0. The number of anilines is 3. The maximum atomic E-state index is 7.32. The molecule has 0 radical (unpaired) electrons. The van der Waals surface area contributed by atoms with Crippen molar-refractivity contribution < 1.29 is 9.15 Å². The summed E-state index contributed by atoms with van der Waals surface area (Å²) in [6.45, 7) is 4.73. The minimum Gasteiger partial charge on any atom is -0.456 e. The van der Waals surface area contributed by atoms with Crippen LogP contribution in [-0.4, -0.2) is 0 Å². The zero-order valence-electron chi connectivity index (χ0n) is 40.3. The standard InChI is InChI=1S/C70H45NO2/c1-69(2)58-28-12-7-23-49(58)51-36-34-43(39-62(51)69)71(64-31-17-27-54-46-20-5-4-19-45(46)52-25-10-16-33-66(52)73-68(54)64)42-35-37-61-55(38-42)47-21-6-3-18-44(47)48-22-8-13-29-59(48)70(61)60-30-14-9-24-50(60)56-41-67-57(40-63(56)70)53-26-11-15-32-65(53)72-67/h3-41H,1-2H3. The average molecular weight is 932 g/mol. The molecular formula is C70H45NO2. The van der Waals surface area contributed by atoms with Gasteiger partial charge in [0.2, 0.25) is 0 Å². The molecule has 1 aromatic heterocycles. The molecule has 0 N–H and O–H groups in total. The van der Waals surface area contributed by atoms with Crippen LogP contribution < -0.4 is 9.64 Å². The van der Waals surface area contributed by atoms with Crippen molar-refractivity contribution in [3.8, 4) is 78.3 Å². The van der Waals surface area contributed by atoms with Crippen LogP contribution in [0.1, 0.15) is 47.2 Å². The number of nitrogens with zero attached hydrogens (tertiary/aromatic N) is 1. The molecule has 0 saturated carbocycles. The highest BCUT2D eigenvalue weighted by Crippen LogP contribution is 2.63. The van der Waals surface area contributed by atoms with E-state index in [-0.39, 0.29) is 5.41 Å². The first kappa shape index (κ1) is 40.5. The van der Waals surface area contributed by atoms with Gasteiger partial charge in [0, 0.05) is 38.7 Å². The van der Waals surface area contributed by atoms with Crippen molar-refractivity contribution in [3.63, 3.8) is 0 Å².